The van der Waals surface area contributed by atoms with Crippen molar-refractivity contribution in [1.29, 1.82) is 0 Å². The van der Waals surface area contributed by atoms with Crippen molar-refractivity contribution in [3.63, 3.8) is 0 Å². The van der Waals surface area contributed by atoms with Crippen LogP contribution in [0.1, 0.15) is 25.1 Å². The van der Waals surface area contributed by atoms with Gasteiger partial charge in [-0.15, -0.1) is 11.3 Å². The molecule has 0 amide bonds. The van der Waals surface area contributed by atoms with Crippen LogP contribution in [-0.4, -0.2) is 17.3 Å². The van der Waals surface area contributed by atoms with Gasteiger partial charge in [0.25, 0.3) is 0 Å². The van der Waals surface area contributed by atoms with Gasteiger partial charge in [-0.2, -0.15) is 0 Å². The summed E-state index contributed by atoms with van der Waals surface area (Å²) in [7, 11) is 0. The van der Waals surface area contributed by atoms with Crippen molar-refractivity contribution in [1.82, 2.24) is 5.32 Å². The Bertz CT molecular complexity index is 283. The van der Waals surface area contributed by atoms with Gasteiger partial charge < -0.3 is 10.4 Å². The van der Waals surface area contributed by atoms with Crippen molar-refractivity contribution in [2.75, 3.05) is 6.61 Å². The molecule has 4 heteroatoms. The van der Waals surface area contributed by atoms with Crippen LogP contribution in [0.3, 0.4) is 0 Å². The molecule has 0 radical (unpaired) electrons. The van der Waals surface area contributed by atoms with Crippen molar-refractivity contribution in [2.24, 2.45) is 0 Å². The molecule has 0 fully saturated rings. The van der Waals surface area contributed by atoms with Gasteiger partial charge in [0.05, 0.1) is 10.4 Å². The lowest BCUT2D eigenvalue weighted by Crippen LogP contribution is -2.44. The summed E-state index contributed by atoms with van der Waals surface area (Å²) in [6.07, 6.45) is 0.927. The van der Waals surface area contributed by atoms with Crippen LogP contribution in [0.2, 0.25) is 0 Å². The zero-order chi connectivity index (χ0) is 10.6. The second kappa shape index (κ2) is 5.26. The van der Waals surface area contributed by atoms with Gasteiger partial charge >= 0.3 is 0 Å². The van der Waals surface area contributed by atoms with Crippen LogP contribution in [-0.2, 0) is 6.54 Å². The van der Waals surface area contributed by atoms with Crippen LogP contribution in [0.5, 0.6) is 0 Å². The van der Waals surface area contributed by atoms with E-state index in [1.165, 1.54) is 4.88 Å². The predicted molar refractivity (Wildman–Crippen MR) is 64.6 cm³/mol. The number of hydrogen-bond donors (Lipinski definition) is 2. The smallest absolute Gasteiger partial charge is 0.0701 e. The molecule has 0 saturated heterocycles. The number of aliphatic hydroxyl groups excluding tert-OH is 1. The Kier molecular flexibility index (Phi) is 4.57. The van der Waals surface area contributed by atoms with Gasteiger partial charge in [-0.05, 0) is 41.4 Å². The predicted octanol–water partition coefficient (Wildman–Crippen LogP) is 2.76. The lowest BCUT2D eigenvalue weighted by molar-refractivity contribution is 0.169. The summed E-state index contributed by atoms with van der Waals surface area (Å²) in [5, 5.41) is 12.6. The molecular weight excluding hydrogens is 262 g/mol. The van der Waals surface area contributed by atoms with E-state index in [-0.39, 0.29) is 12.1 Å². The second-order valence-corrected chi connectivity index (χ2v) is 6.18. The normalized spacial score (nSPS) is 15.4. The van der Waals surface area contributed by atoms with Crippen LogP contribution in [0.25, 0.3) is 0 Å². The molecule has 1 atom stereocenters. The molecule has 14 heavy (non-hydrogen) atoms. The standard InChI is InChI=1S/C10H16BrNOS/c1-3-10(2,7-13)12-6-8-4-5-9(11)14-8/h4-5,12-13H,3,6-7H2,1-2H3. The average molecular weight is 278 g/mol. The topological polar surface area (TPSA) is 32.3 Å². The fraction of sp³-hybridized carbons (Fsp3) is 0.600. The van der Waals surface area contributed by atoms with Crippen molar-refractivity contribution in [2.45, 2.75) is 32.4 Å². The summed E-state index contributed by atoms with van der Waals surface area (Å²) < 4.78 is 1.15. The third-order valence-electron chi connectivity index (χ3n) is 2.45. The molecule has 1 rings (SSSR count). The van der Waals surface area contributed by atoms with Gasteiger partial charge in [0.15, 0.2) is 0 Å². The highest BCUT2D eigenvalue weighted by atomic mass is 79.9. The van der Waals surface area contributed by atoms with Crippen LogP contribution in [0.15, 0.2) is 15.9 Å². The quantitative estimate of drug-likeness (QED) is 0.868. The van der Waals surface area contributed by atoms with Crippen molar-refractivity contribution >= 4 is 27.3 Å². The Balaban J connectivity index is 2.47. The molecule has 0 spiro atoms. The molecule has 0 saturated carbocycles. The van der Waals surface area contributed by atoms with Crippen molar-refractivity contribution in [3.8, 4) is 0 Å². The molecule has 1 aromatic rings. The fourth-order valence-electron chi connectivity index (χ4n) is 1.04. The van der Waals surface area contributed by atoms with E-state index in [1.807, 2.05) is 13.0 Å². The van der Waals surface area contributed by atoms with Crippen LogP contribution < -0.4 is 5.32 Å². The summed E-state index contributed by atoms with van der Waals surface area (Å²) in [5.41, 5.74) is -0.156. The first-order chi connectivity index (χ1) is 6.59. The number of halogens is 1. The van der Waals surface area contributed by atoms with E-state index in [2.05, 4.69) is 34.2 Å². The van der Waals surface area contributed by atoms with Gasteiger partial charge in [0.1, 0.15) is 0 Å². The number of rotatable bonds is 5. The highest BCUT2D eigenvalue weighted by Crippen LogP contribution is 2.22. The maximum atomic E-state index is 9.20. The van der Waals surface area contributed by atoms with Crippen LogP contribution >= 0.6 is 27.3 Å². The highest BCUT2D eigenvalue weighted by Gasteiger charge is 2.19. The molecule has 0 aromatic carbocycles. The maximum absolute atomic E-state index is 9.20. The van der Waals surface area contributed by atoms with Crippen molar-refractivity contribution < 1.29 is 5.11 Å². The molecule has 80 valence electrons. The zero-order valence-corrected chi connectivity index (χ0v) is 10.9. The SMILES string of the molecule is CCC(C)(CO)NCc1ccc(Br)s1. The highest BCUT2D eigenvalue weighted by molar-refractivity contribution is 9.11. The van der Waals surface area contributed by atoms with Gasteiger partial charge in [0.2, 0.25) is 0 Å². The molecule has 1 unspecified atom stereocenters. The summed E-state index contributed by atoms with van der Waals surface area (Å²) >= 11 is 5.15. The van der Waals surface area contributed by atoms with E-state index in [4.69, 9.17) is 0 Å². The first-order valence-corrected chi connectivity index (χ1v) is 6.30. The maximum Gasteiger partial charge on any atom is 0.0701 e. The summed E-state index contributed by atoms with van der Waals surface area (Å²) in [6.45, 7) is 5.11. The molecule has 2 nitrogen and oxygen atoms in total. The summed E-state index contributed by atoms with van der Waals surface area (Å²) in [6, 6.07) is 4.14. The lowest BCUT2D eigenvalue weighted by atomic mass is 10.0. The molecule has 2 N–H and O–H groups in total. The van der Waals surface area contributed by atoms with E-state index in [1.54, 1.807) is 11.3 Å². The minimum absolute atomic E-state index is 0.156. The molecule has 0 aliphatic heterocycles. The minimum atomic E-state index is -0.156. The lowest BCUT2D eigenvalue weighted by Gasteiger charge is -2.26. The largest absolute Gasteiger partial charge is 0.394 e. The first kappa shape index (κ1) is 12.2. The monoisotopic (exact) mass is 277 g/mol. The Morgan fingerprint density at radius 3 is 2.71 bits per heavy atom. The summed E-state index contributed by atoms with van der Waals surface area (Å²) in [4.78, 5) is 1.28. The van der Waals surface area contributed by atoms with E-state index in [9.17, 15) is 5.11 Å². The molecule has 0 aliphatic rings. The third kappa shape index (κ3) is 3.35. The Morgan fingerprint density at radius 2 is 2.29 bits per heavy atom. The fourth-order valence-corrected chi connectivity index (χ4v) is 2.46. The minimum Gasteiger partial charge on any atom is -0.394 e. The second-order valence-electron chi connectivity index (χ2n) is 3.63. The number of hydrogen-bond acceptors (Lipinski definition) is 3. The molecule has 1 aromatic heterocycles. The molecular formula is C10H16BrNOS. The van der Waals surface area contributed by atoms with Gasteiger partial charge in [-0.25, -0.2) is 0 Å². The van der Waals surface area contributed by atoms with Crippen LogP contribution in [0, 0.1) is 0 Å². The van der Waals surface area contributed by atoms with Gasteiger partial charge in [-0.3, -0.25) is 0 Å². The Morgan fingerprint density at radius 1 is 1.57 bits per heavy atom. The molecule has 1 heterocycles. The van der Waals surface area contributed by atoms with E-state index in [0.29, 0.717) is 0 Å². The molecule has 0 aliphatic carbocycles. The van der Waals surface area contributed by atoms with Gasteiger partial charge in [0, 0.05) is 17.0 Å². The van der Waals surface area contributed by atoms with Gasteiger partial charge in [-0.1, -0.05) is 6.92 Å². The zero-order valence-electron chi connectivity index (χ0n) is 8.51. The first-order valence-electron chi connectivity index (χ1n) is 4.70. The Hall–Kier alpha value is 0.1000. The van der Waals surface area contributed by atoms with Crippen LogP contribution in [0.4, 0.5) is 0 Å². The van der Waals surface area contributed by atoms with E-state index in [0.717, 1.165) is 16.8 Å². The molecule has 0 bridgehead atoms. The van der Waals surface area contributed by atoms with E-state index < -0.39 is 0 Å². The van der Waals surface area contributed by atoms with E-state index >= 15 is 0 Å². The third-order valence-corrected chi connectivity index (χ3v) is 4.07. The number of aliphatic hydroxyl groups is 1. The Labute approximate surface area is 97.5 Å². The average Bonchev–Trinajstić information content (AvgIpc) is 2.61. The summed E-state index contributed by atoms with van der Waals surface area (Å²) in [5.74, 6) is 0. The van der Waals surface area contributed by atoms with Crippen molar-refractivity contribution in [3.05, 3.63) is 20.8 Å². The number of thiophene rings is 1. The number of nitrogens with one attached hydrogen (secondary N) is 1.